The summed E-state index contributed by atoms with van der Waals surface area (Å²) in [5, 5.41) is 4.15. The number of aryl methyl sites for hydroxylation is 1. The maximum atomic E-state index is 5.40. The number of fused-ring (bicyclic) bond motifs is 1. The summed E-state index contributed by atoms with van der Waals surface area (Å²) < 4.78 is 5.40. The average molecular weight is 299 g/mol. The van der Waals surface area contributed by atoms with Crippen LogP contribution in [0.15, 0.2) is 28.8 Å². The van der Waals surface area contributed by atoms with Crippen LogP contribution in [0.4, 0.5) is 0 Å². The lowest BCUT2D eigenvalue weighted by Gasteiger charge is -2.32. The molecule has 1 aromatic carbocycles. The number of benzene rings is 1. The zero-order valence-corrected chi connectivity index (χ0v) is 14.0. The van der Waals surface area contributed by atoms with Gasteiger partial charge in [0.2, 0.25) is 5.89 Å². The molecule has 0 radical (unpaired) electrons. The first-order valence-electron chi connectivity index (χ1n) is 8.06. The van der Waals surface area contributed by atoms with Crippen molar-refractivity contribution in [2.45, 2.75) is 58.0 Å². The second-order valence-corrected chi connectivity index (χ2v) is 7.29. The van der Waals surface area contributed by atoms with Crippen LogP contribution < -0.4 is 0 Å². The lowest BCUT2D eigenvalue weighted by Crippen LogP contribution is -2.28. The molecule has 0 fully saturated rings. The van der Waals surface area contributed by atoms with Crippen molar-refractivity contribution in [1.29, 1.82) is 0 Å². The van der Waals surface area contributed by atoms with Crippen molar-refractivity contribution in [3.8, 4) is 0 Å². The van der Waals surface area contributed by atoms with E-state index in [9.17, 15) is 0 Å². The lowest BCUT2D eigenvalue weighted by atomic mass is 9.87. The molecule has 0 saturated carbocycles. The molecular weight excluding hydrogens is 274 g/mol. The molecule has 1 atom stereocenters. The molecule has 0 aliphatic heterocycles. The van der Waals surface area contributed by atoms with Crippen LogP contribution in [0.25, 0.3) is 0 Å². The van der Waals surface area contributed by atoms with Gasteiger partial charge in [-0.05, 0) is 37.4 Å². The Bertz CT molecular complexity index is 642. The Hall–Kier alpha value is -1.68. The molecule has 0 amide bonds. The Kier molecular flexibility index (Phi) is 4.04. The van der Waals surface area contributed by atoms with E-state index in [1.165, 1.54) is 30.4 Å². The van der Waals surface area contributed by atoms with Crippen molar-refractivity contribution in [1.82, 2.24) is 15.0 Å². The van der Waals surface area contributed by atoms with Gasteiger partial charge < -0.3 is 4.52 Å². The van der Waals surface area contributed by atoms with E-state index in [-0.39, 0.29) is 5.41 Å². The SMILES string of the molecule is CN(Cc1noc(C(C)(C)C)n1)C1CCCc2ccccc21. The summed E-state index contributed by atoms with van der Waals surface area (Å²) in [4.78, 5) is 6.90. The summed E-state index contributed by atoms with van der Waals surface area (Å²) in [5.74, 6) is 1.48. The van der Waals surface area contributed by atoms with Gasteiger partial charge in [0.05, 0.1) is 6.54 Å². The molecule has 0 N–H and O–H groups in total. The quantitative estimate of drug-likeness (QED) is 0.862. The highest BCUT2D eigenvalue weighted by atomic mass is 16.5. The Morgan fingerprint density at radius 1 is 1.27 bits per heavy atom. The van der Waals surface area contributed by atoms with E-state index in [0.29, 0.717) is 11.9 Å². The molecule has 0 bridgehead atoms. The Morgan fingerprint density at radius 2 is 2.05 bits per heavy atom. The second kappa shape index (κ2) is 5.84. The van der Waals surface area contributed by atoms with E-state index < -0.39 is 0 Å². The molecule has 1 unspecified atom stereocenters. The number of hydrogen-bond acceptors (Lipinski definition) is 4. The Labute approximate surface area is 132 Å². The summed E-state index contributed by atoms with van der Waals surface area (Å²) in [6, 6.07) is 9.22. The average Bonchev–Trinajstić information content (AvgIpc) is 2.95. The zero-order chi connectivity index (χ0) is 15.7. The monoisotopic (exact) mass is 299 g/mol. The number of nitrogens with zero attached hydrogens (tertiary/aromatic N) is 3. The molecule has 1 heterocycles. The fourth-order valence-corrected chi connectivity index (χ4v) is 3.14. The molecule has 22 heavy (non-hydrogen) atoms. The van der Waals surface area contributed by atoms with Gasteiger partial charge in [-0.3, -0.25) is 4.90 Å². The van der Waals surface area contributed by atoms with E-state index in [4.69, 9.17) is 4.52 Å². The summed E-state index contributed by atoms with van der Waals surface area (Å²) in [6.45, 7) is 6.99. The third-order valence-electron chi connectivity index (χ3n) is 4.37. The normalized spacial score (nSPS) is 18.5. The summed E-state index contributed by atoms with van der Waals surface area (Å²) in [5.41, 5.74) is 2.84. The lowest BCUT2D eigenvalue weighted by molar-refractivity contribution is 0.205. The van der Waals surface area contributed by atoms with Crippen LogP contribution in [0.5, 0.6) is 0 Å². The minimum atomic E-state index is -0.0960. The van der Waals surface area contributed by atoms with Gasteiger partial charge >= 0.3 is 0 Å². The van der Waals surface area contributed by atoms with Crippen LogP contribution in [0.1, 0.15) is 62.5 Å². The molecule has 0 saturated heterocycles. The summed E-state index contributed by atoms with van der Waals surface area (Å²) >= 11 is 0. The molecule has 2 aromatic rings. The first-order valence-corrected chi connectivity index (χ1v) is 8.06. The van der Waals surface area contributed by atoms with Crippen LogP contribution in [-0.4, -0.2) is 22.1 Å². The summed E-state index contributed by atoms with van der Waals surface area (Å²) in [6.07, 6.45) is 3.62. The van der Waals surface area contributed by atoms with Crippen LogP contribution in [0.3, 0.4) is 0 Å². The Balaban J connectivity index is 1.75. The largest absolute Gasteiger partial charge is 0.339 e. The number of hydrogen-bond donors (Lipinski definition) is 0. The van der Waals surface area contributed by atoms with E-state index >= 15 is 0 Å². The van der Waals surface area contributed by atoms with Gasteiger partial charge in [-0.15, -0.1) is 0 Å². The minimum Gasteiger partial charge on any atom is -0.339 e. The van der Waals surface area contributed by atoms with Crippen LogP contribution in [-0.2, 0) is 18.4 Å². The van der Waals surface area contributed by atoms with Crippen molar-refractivity contribution >= 4 is 0 Å². The summed E-state index contributed by atoms with van der Waals surface area (Å²) in [7, 11) is 2.15. The van der Waals surface area contributed by atoms with E-state index in [1.54, 1.807) is 0 Å². The van der Waals surface area contributed by atoms with Crippen molar-refractivity contribution in [2.24, 2.45) is 0 Å². The van der Waals surface area contributed by atoms with Crippen molar-refractivity contribution in [2.75, 3.05) is 7.05 Å². The molecule has 1 aliphatic rings. The van der Waals surface area contributed by atoms with Gasteiger partial charge in [-0.2, -0.15) is 4.98 Å². The third kappa shape index (κ3) is 3.07. The van der Waals surface area contributed by atoms with Crippen LogP contribution in [0, 0.1) is 0 Å². The van der Waals surface area contributed by atoms with Crippen molar-refractivity contribution < 1.29 is 4.52 Å². The maximum Gasteiger partial charge on any atom is 0.232 e. The Morgan fingerprint density at radius 3 is 2.77 bits per heavy atom. The van der Waals surface area contributed by atoms with E-state index in [0.717, 1.165) is 12.4 Å². The van der Waals surface area contributed by atoms with Gasteiger partial charge in [0.1, 0.15) is 0 Å². The first kappa shape index (κ1) is 15.2. The molecule has 0 spiro atoms. The van der Waals surface area contributed by atoms with Gasteiger partial charge in [0.15, 0.2) is 5.82 Å². The molecule has 1 aromatic heterocycles. The van der Waals surface area contributed by atoms with Gasteiger partial charge in [-0.1, -0.05) is 50.2 Å². The molecule has 1 aliphatic carbocycles. The molecule has 3 rings (SSSR count). The predicted molar refractivity (Wildman–Crippen MR) is 86.6 cm³/mol. The topological polar surface area (TPSA) is 42.2 Å². The standard InChI is InChI=1S/C18H25N3O/c1-18(2,3)17-19-16(20-22-17)12-21(4)15-11-7-9-13-8-5-6-10-14(13)15/h5-6,8,10,15H,7,9,11-12H2,1-4H3. The zero-order valence-electron chi connectivity index (χ0n) is 14.0. The van der Waals surface area contributed by atoms with Gasteiger partial charge in [-0.25, -0.2) is 0 Å². The fraction of sp³-hybridized carbons (Fsp3) is 0.556. The molecule has 4 heteroatoms. The maximum absolute atomic E-state index is 5.40. The second-order valence-electron chi connectivity index (χ2n) is 7.29. The van der Waals surface area contributed by atoms with Gasteiger partial charge in [0, 0.05) is 11.5 Å². The van der Waals surface area contributed by atoms with Gasteiger partial charge in [0.25, 0.3) is 0 Å². The van der Waals surface area contributed by atoms with E-state index in [2.05, 4.69) is 67.1 Å². The number of rotatable bonds is 3. The molecule has 118 valence electrons. The fourth-order valence-electron chi connectivity index (χ4n) is 3.14. The number of aromatic nitrogens is 2. The minimum absolute atomic E-state index is 0.0960. The highest BCUT2D eigenvalue weighted by Crippen LogP contribution is 2.34. The smallest absolute Gasteiger partial charge is 0.232 e. The highest BCUT2D eigenvalue weighted by Gasteiger charge is 2.26. The van der Waals surface area contributed by atoms with Crippen LogP contribution in [0.2, 0.25) is 0 Å². The van der Waals surface area contributed by atoms with E-state index in [1.807, 2.05) is 0 Å². The van der Waals surface area contributed by atoms with Crippen molar-refractivity contribution in [3.05, 3.63) is 47.1 Å². The first-order chi connectivity index (χ1) is 10.4. The highest BCUT2D eigenvalue weighted by molar-refractivity contribution is 5.32. The third-order valence-corrected chi connectivity index (χ3v) is 4.37. The molecular formula is C18H25N3O. The predicted octanol–water partition coefficient (Wildman–Crippen LogP) is 3.88. The molecule has 4 nitrogen and oxygen atoms in total. The van der Waals surface area contributed by atoms with Crippen molar-refractivity contribution in [3.63, 3.8) is 0 Å². The van der Waals surface area contributed by atoms with Crippen LogP contribution >= 0.6 is 0 Å².